The molecule has 37 heavy (non-hydrogen) atoms. The number of piperidine rings is 1. The van der Waals surface area contributed by atoms with Crippen molar-refractivity contribution in [3.63, 3.8) is 0 Å². The molecular weight excluding hydrogens is 470 g/mol. The van der Waals surface area contributed by atoms with Gasteiger partial charge in [-0.3, -0.25) is 9.69 Å². The first-order chi connectivity index (χ1) is 18.0. The zero-order valence-corrected chi connectivity index (χ0v) is 21.7. The third kappa shape index (κ3) is 4.69. The highest BCUT2D eigenvalue weighted by atomic mass is 16.5. The Morgan fingerprint density at radius 2 is 2.00 bits per heavy atom. The van der Waals surface area contributed by atoms with Crippen LogP contribution in [-0.2, 0) is 0 Å². The zero-order valence-electron chi connectivity index (χ0n) is 21.7. The Kier molecular flexibility index (Phi) is 6.56. The Bertz CT molecular complexity index is 1190. The van der Waals surface area contributed by atoms with Crippen LogP contribution in [0.1, 0.15) is 46.9 Å². The number of aliphatic hydroxyl groups excluding tert-OH is 1. The van der Waals surface area contributed by atoms with Crippen molar-refractivity contribution in [1.29, 1.82) is 0 Å². The maximum absolute atomic E-state index is 14.0. The first-order valence-electron chi connectivity index (χ1n) is 13.4. The van der Waals surface area contributed by atoms with Gasteiger partial charge in [0, 0.05) is 52.4 Å². The average molecular weight is 508 g/mol. The van der Waals surface area contributed by atoms with Crippen LogP contribution in [-0.4, -0.2) is 101 Å². The largest absolute Gasteiger partial charge is 0.491 e. The van der Waals surface area contributed by atoms with Crippen LogP contribution < -0.4 is 15.4 Å². The van der Waals surface area contributed by atoms with Gasteiger partial charge in [0.1, 0.15) is 30.2 Å². The van der Waals surface area contributed by atoms with Gasteiger partial charge in [-0.2, -0.15) is 5.10 Å². The molecular formula is C27H37N7O3. The van der Waals surface area contributed by atoms with E-state index in [1.165, 1.54) is 0 Å². The smallest absolute Gasteiger partial charge is 0.258 e. The van der Waals surface area contributed by atoms with E-state index < -0.39 is 0 Å². The van der Waals surface area contributed by atoms with Gasteiger partial charge in [0.2, 0.25) is 0 Å². The van der Waals surface area contributed by atoms with Crippen molar-refractivity contribution in [3.8, 4) is 5.75 Å². The summed E-state index contributed by atoms with van der Waals surface area (Å²) in [6.45, 7) is 6.78. The summed E-state index contributed by atoms with van der Waals surface area (Å²) in [5.41, 5.74) is 2.57. The number of ether oxygens (including phenoxy) is 1. The number of aliphatic hydroxyl groups is 1. The minimum absolute atomic E-state index is 0.00251. The fourth-order valence-corrected chi connectivity index (χ4v) is 5.74. The molecule has 198 valence electrons. The number of hydrogen-bond acceptors (Lipinski definition) is 8. The average Bonchev–Trinajstić information content (AvgIpc) is 3.32. The third-order valence-electron chi connectivity index (χ3n) is 7.85. The van der Waals surface area contributed by atoms with Crippen LogP contribution in [0.5, 0.6) is 5.75 Å². The number of carbonyl (C=O) groups is 1. The normalized spacial score (nSPS) is 25.4. The molecule has 2 atom stereocenters. The van der Waals surface area contributed by atoms with Gasteiger partial charge in [0.15, 0.2) is 0 Å². The van der Waals surface area contributed by atoms with Crippen molar-refractivity contribution in [2.24, 2.45) is 0 Å². The van der Waals surface area contributed by atoms with E-state index in [4.69, 9.17) is 9.84 Å². The van der Waals surface area contributed by atoms with Gasteiger partial charge in [-0.1, -0.05) is 11.6 Å². The highest BCUT2D eigenvalue weighted by Gasteiger charge is 2.36. The number of rotatable bonds is 1. The number of aryl methyl sites for hydroxylation is 1. The zero-order chi connectivity index (χ0) is 25.5. The molecule has 2 bridgehead atoms. The van der Waals surface area contributed by atoms with Crippen molar-refractivity contribution >= 4 is 17.5 Å². The van der Waals surface area contributed by atoms with Crippen molar-refractivity contribution in [3.05, 3.63) is 47.2 Å². The molecule has 0 spiro atoms. The van der Waals surface area contributed by atoms with E-state index in [0.717, 1.165) is 55.2 Å². The summed E-state index contributed by atoms with van der Waals surface area (Å²) in [7, 11) is 2.08. The Morgan fingerprint density at radius 3 is 2.84 bits per heavy atom. The second-order valence-corrected chi connectivity index (χ2v) is 10.6. The van der Waals surface area contributed by atoms with Crippen LogP contribution >= 0.6 is 0 Å². The molecule has 1 amide bonds. The van der Waals surface area contributed by atoms with Crippen LogP contribution in [0, 0.1) is 6.92 Å². The minimum atomic E-state index is -0.270. The van der Waals surface area contributed by atoms with Gasteiger partial charge in [-0.05, 0) is 44.4 Å². The maximum Gasteiger partial charge on any atom is 0.258 e. The van der Waals surface area contributed by atoms with Gasteiger partial charge in [-0.15, -0.1) is 0 Å². The number of likely N-dealkylation sites (N-methyl/N-ethyl adjacent to an activating group) is 1. The van der Waals surface area contributed by atoms with E-state index in [1.54, 1.807) is 0 Å². The lowest BCUT2D eigenvalue weighted by atomic mass is 9.97. The Labute approximate surface area is 217 Å². The Morgan fingerprint density at radius 1 is 1.14 bits per heavy atom. The van der Waals surface area contributed by atoms with Crippen LogP contribution in [0.3, 0.4) is 0 Å². The molecule has 2 fully saturated rings. The van der Waals surface area contributed by atoms with Gasteiger partial charge < -0.3 is 30.3 Å². The van der Waals surface area contributed by atoms with Crippen molar-refractivity contribution in [1.82, 2.24) is 29.8 Å². The number of amides is 1. The lowest BCUT2D eigenvalue weighted by Crippen LogP contribution is -2.58. The number of benzene rings is 1. The first-order valence-corrected chi connectivity index (χ1v) is 13.4. The van der Waals surface area contributed by atoms with Crippen LogP contribution in [0.25, 0.3) is 5.82 Å². The molecule has 1 aromatic carbocycles. The van der Waals surface area contributed by atoms with Gasteiger partial charge in [0.25, 0.3) is 5.91 Å². The second kappa shape index (κ2) is 10.00. The molecule has 1 aromatic heterocycles. The first kappa shape index (κ1) is 24.3. The minimum Gasteiger partial charge on any atom is -0.491 e. The van der Waals surface area contributed by atoms with Crippen molar-refractivity contribution < 1.29 is 14.6 Å². The number of β-amino-alcohol motifs (C(OH)–C–C–N with tert-alkyl or cyclic N) is 1. The summed E-state index contributed by atoms with van der Waals surface area (Å²) in [6.07, 6.45) is 4.82. The number of anilines is 1. The highest BCUT2D eigenvalue weighted by Crippen LogP contribution is 2.36. The SMILES string of the molecule is Cc1ccc2c(c1)C(=O)N1CCCCC1c1cc3n(n1)C(=CC(N1CC(O)C1)N3)N(C)CCNCCO2. The molecule has 6 rings (SSSR count). The van der Waals surface area contributed by atoms with Gasteiger partial charge in [-0.25, -0.2) is 4.68 Å². The summed E-state index contributed by atoms with van der Waals surface area (Å²) in [5.74, 6) is 2.57. The molecule has 2 unspecified atom stereocenters. The fraction of sp³-hybridized carbons (Fsp3) is 0.556. The van der Waals surface area contributed by atoms with E-state index >= 15 is 0 Å². The van der Waals surface area contributed by atoms with Crippen molar-refractivity contribution in [2.45, 2.75) is 44.5 Å². The van der Waals surface area contributed by atoms with E-state index in [1.807, 2.05) is 34.7 Å². The quantitative estimate of drug-likeness (QED) is 0.537. The van der Waals surface area contributed by atoms with Crippen molar-refractivity contribution in [2.75, 3.05) is 58.2 Å². The van der Waals surface area contributed by atoms with Crippen LogP contribution in [0.15, 0.2) is 30.3 Å². The number of carbonyl (C=O) groups excluding carboxylic acids is 1. The topological polar surface area (TPSA) is 98.1 Å². The number of hydrogen-bond donors (Lipinski definition) is 3. The molecule has 0 radical (unpaired) electrons. The van der Waals surface area contributed by atoms with Crippen LogP contribution in [0.2, 0.25) is 0 Å². The number of aromatic nitrogens is 2. The predicted octanol–water partition coefficient (Wildman–Crippen LogP) is 1.70. The van der Waals surface area contributed by atoms with E-state index in [9.17, 15) is 9.90 Å². The monoisotopic (exact) mass is 507 g/mol. The lowest BCUT2D eigenvalue weighted by molar-refractivity contribution is -0.00865. The van der Waals surface area contributed by atoms with Crippen LogP contribution in [0.4, 0.5) is 5.82 Å². The Hall–Kier alpha value is -3.08. The Balaban J connectivity index is 1.39. The van der Waals surface area contributed by atoms with Gasteiger partial charge in [0.05, 0.1) is 23.4 Å². The van der Waals surface area contributed by atoms with E-state index in [2.05, 4.69) is 39.6 Å². The summed E-state index contributed by atoms with van der Waals surface area (Å²) < 4.78 is 8.08. The predicted molar refractivity (Wildman–Crippen MR) is 141 cm³/mol. The lowest BCUT2D eigenvalue weighted by Gasteiger charge is -2.43. The standard InChI is InChI=1S/C27H37N7O3/c1-18-6-7-23-20(13-18)27(36)33-10-4-3-5-22(33)21-14-25-29-24(32-16-19(35)17-32)15-26(34(25)30-21)31(2)11-8-28-9-12-37-23/h6-7,13-15,19,22,24,28-29,35H,3-5,8-12,16-17H2,1-2H3. The molecule has 4 aliphatic rings. The molecule has 0 saturated carbocycles. The fourth-order valence-electron chi connectivity index (χ4n) is 5.74. The van der Waals surface area contributed by atoms with E-state index in [0.29, 0.717) is 44.1 Å². The summed E-state index contributed by atoms with van der Waals surface area (Å²) in [4.78, 5) is 20.4. The van der Waals surface area contributed by atoms with Gasteiger partial charge >= 0.3 is 0 Å². The number of likely N-dealkylation sites (tertiary alicyclic amines) is 1. The summed E-state index contributed by atoms with van der Waals surface area (Å²) in [5, 5.41) is 22.0. The summed E-state index contributed by atoms with van der Waals surface area (Å²) >= 11 is 0. The molecule has 0 aliphatic carbocycles. The molecule has 10 heteroatoms. The summed E-state index contributed by atoms with van der Waals surface area (Å²) in [6, 6.07) is 7.87. The number of nitrogens with zero attached hydrogens (tertiary/aromatic N) is 5. The number of fused-ring (bicyclic) bond motifs is 4. The third-order valence-corrected chi connectivity index (χ3v) is 7.85. The number of nitrogens with one attached hydrogen (secondary N) is 2. The molecule has 10 nitrogen and oxygen atoms in total. The molecule has 2 saturated heterocycles. The van der Waals surface area contributed by atoms with E-state index in [-0.39, 0.29) is 24.2 Å². The molecule has 3 N–H and O–H groups in total. The second-order valence-electron chi connectivity index (χ2n) is 10.6. The molecule has 4 aliphatic heterocycles. The molecule has 2 aromatic rings. The highest BCUT2D eigenvalue weighted by molar-refractivity contribution is 5.97. The maximum atomic E-state index is 14.0. The molecule has 5 heterocycles.